The van der Waals surface area contributed by atoms with Gasteiger partial charge in [-0.1, -0.05) is 38.1 Å². The van der Waals surface area contributed by atoms with Gasteiger partial charge in [0.05, 0.1) is 6.42 Å². The average molecular weight is 301 g/mol. The maximum absolute atomic E-state index is 11.7. The Labute approximate surface area is 129 Å². The van der Waals surface area contributed by atoms with E-state index in [1.807, 2.05) is 24.3 Å². The van der Waals surface area contributed by atoms with Crippen LogP contribution in [-0.4, -0.2) is 17.8 Å². The first-order valence-corrected chi connectivity index (χ1v) is 7.23. The third-order valence-corrected chi connectivity index (χ3v) is 3.20. The van der Waals surface area contributed by atoms with E-state index in [4.69, 9.17) is 4.74 Å². The standard InChI is InChI=1S/C17H19NO4/c1-11(2)6-12-4-3-5-13(7-12)10-22-16(20)9-14-8-15(19)18-17(14)21/h3-5,7-8,11H,6,9-10H2,1-2H3,(H,18,19,21). The molecule has 1 aliphatic heterocycles. The van der Waals surface area contributed by atoms with Gasteiger partial charge in [-0.05, 0) is 23.5 Å². The molecule has 22 heavy (non-hydrogen) atoms. The highest BCUT2D eigenvalue weighted by atomic mass is 16.5. The molecule has 116 valence electrons. The molecule has 1 aromatic carbocycles. The highest BCUT2D eigenvalue weighted by Gasteiger charge is 2.23. The van der Waals surface area contributed by atoms with Crippen LogP contribution in [0.3, 0.4) is 0 Å². The highest BCUT2D eigenvalue weighted by Crippen LogP contribution is 2.13. The summed E-state index contributed by atoms with van der Waals surface area (Å²) in [5, 5.41) is 2.09. The van der Waals surface area contributed by atoms with E-state index >= 15 is 0 Å². The minimum Gasteiger partial charge on any atom is -0.461 e. The molecule has 1 aliphatic rings. The lowest BCUT2D eigenvalue weighted by Gasteiger charge is -2.08. The van der Waals surface area contributed by atoms with Gasteiger partial charge in [-0.3, -0.25) is 19.7 Å². The van der Waals surface area contributed by atoms with E-state index in [1.165, 1.54) is 5.56 Å². The van der Waals surface area contributed by atoms with E-state index in [9.17, 15) is 14.4 Å². The fourth-order valence-corrected chi connectivity index (χ4v) is 2.27. The first-order valence-electron chi connectivity index (χ1n) is 7.23. The molecule has 0 aliphatic carbocycles. The second kappa shape index (κ2) is 7.02. The fraction of sp³-hybridized carbons (Fsp3) is 0.353. The number of hydrogen-bond donors (Lipinski definition) is 1. The van der Waals surface area contributed by atoms with Crippen LogP contribution in [0.25, 0.3) is 0 Å². The quantitative estimate of drug-likeness (QED) is 0.643. The minimum atomic E-state index is -0.527. The largest absolute Gasteiger partial charge is 0.461 e. The number of hydrogen-bond acceptors (Lipinski definition) is 4. The van der Waals surface area contributed by atoms with Gasteiger partial charge < -0.3 is 4.74 Å². The van der Waals surface area contributed by atoms with Crippen molar-refractivity contribution >= 4 is 17.8 Å². The molecule has 5 nitrogen and oxygen atoms in total. The highest BCUT2D eigenvalue weighted by molar-refractivity contribution is 6.17. The van der Waals surface area contributed by atoms with Crippen LogP contribution in [0.1, 0.15) is 31.4 Å². The van der Waals surface area contributed by atoms with Crippen molar-refractivity contribution in [2.75, 3.05) is 0 Å². The van der Waals surface area contributed by atoms with Crippen molar-refractivity contribution in [3.8, 4) is 0 Å². The number of esters is 1. The summed E-state index contributed by atoms with van der Waals surface area (Å²) in [6.07, 6.45) is 1.91. The van der Waals surface area contributed by atoms with Gasteiger partial charge >= 0.3 is 5.97 Å². The molecular weight excluding hydrogens is 282 g/mol. The summed E-state index contributed by atoms with van der Waals surface area (Å²) in [5.74, 6) is -0.983. The summed E-state index contributed by atoms with van der Waals surface area (Å²) >= 11 is 0. The van der Waals surface area contributed by atoms with Crippen molar-refractivity contribution < 1.29 is 19.1 Å². The SMILES string of the molecule is CC(C)Cc1cccc(COC(=O)CC2=CC(=O)NC2=O)c1. The summed E-state index contributed by atoms with van der Waals surface area (Å²) < 4.78 is 5.16. The number of carbonyl (C=O) groups is 3. The van der Waals surface area contributed by atoms with Crippen molar-refractivity contribution in [1.29, 1.82) is 0 Å². The Kier molecular flexibility index (Phi) is 5.09. The molecule has 0 bridgehead atoms. The van der Waals surface area contributed by atoms with Crippen LogP contribution in [0, 0.1) is 5.92 Å². The lowest BCUT2D eigenvalue weighted by molar-refractivity contribution is -0.144. The maximum atomic E-state index is 11.7. The molecule has 1 aromatic rings. The number of ether oxygens (including phenoxy) is 1. The summed E-state index contributed by atoms with van der Waals surface area (Å²) in [4.78, 5) is 34.1. The van der Waals surface area contributed by atoms with Crippen LogP contribution < -0.4 is 5.32 Å². The molecule has 2 amide bonds. The zero-order valence-corrected chi connectivity index (χ0v) is 12.7. The van der Waals surface area contributed by atoms with Gasteiger partial charge in [0.25, 0.3) is 11.8 Å². The zero-order chi connectivity index (χ0) is 16.1. The third-order valence-electron chi connectivity index (χ3n) is 3.20. The first kappa shape index (κ1) is 15.9. The summed E-state index contributed by atoms with van der Waals surface area (Å²) in [6, 6.07) is 7.89. The van der Waals surface area contributed by atoms with Gasteiger partial charge in [-0.25, -0.2) is 0 Å². The maximum Gasteiger partial charge on any atom is 0.310 e. The monoisotopic (exact) mass is 301 g/mol. The molecule has 0 radical (unpaired) electrons. The van der Waals surface area contributed by atoms with Crippen LogP contribution in [0.2, 0.25) is 0 Å². The van der Waals surface area contributed by atoms with Crippen molar-refractivity contribution in [3.63, 3.8) is 0 Å². The van der Waals surface area contributed by atoms with Crippen LogP contribution in [0.5, 0.6) is 0 Å². The van der Waals surface area contributed by atoms with Gasteiger partial charge in [0.15, 0.2) is 0 Å². The van der Waals surface area contributed by atoms with E-state index in [-0.39, 0.29) is 18.6 Å². The summed E-state index contributed by atoms with van der Waals surface area (Å²) in [7, 11) is 0. The topological polar surface area (TPSA) is 72.5 Å². The average Bonchev–Trinajstić information content (AvgIpc) is 2.74. The Morgan fingerprint density at radius 2 is 1.95 bits per heavy atom. The molecule has 1 heterocycles. The van der Waals surface area contributed by atoms with Crippen molar-refractivity contribution in [2.45, 2.75) is 33.3 Å². The lowest BCUT2D eigenvalue weighted by Crippen LogP contribution is -2.23. The van der Waals surface area contributed by atoms with Gasteiger partial charge in [0, 0.05) is 11.6 Å². The van der Waals surface area contributed by atoms with Gasteiger partial charge in [0.2, 0.25) is 0 Å². The van der Waals surface area contributed by atoms with Gasteiger partial charge in [0.1, 0.15) is 6.61 Å². The molecule has 2 rings (SSSR count). The molecular formula is C17H19NO4. The molecule has 0 saturated heterocycles. The molecule has 0 atom stereocenters. The Hall–Kier alpha value is -2.43. The number of benzene rings is 1. The molecule has 0 unspecified atom stereocenters. The zero-order valence-electron chi connectivity index (χ0n) is 12.7. The van der Waals surface area contributed by atoms with Crippen molar-refractivity contribution in [1.82, 2.24) is 5.32 Å². The second-order valence-corrected chi connectivity index (χ2v) is 5.74. The Morgan fingerprint density at radius 1 is 1.23 bits per heavy atom. The number of imide groups is 1. The van der Waals surface area contributed by atoms with Crippen LogP contribution in [0.15, 0.2) is 35.9 Å². The van der Waals surface area contributed by atoms with E-state index in [0.717, 1.165) is 18.1 Å². The predicted molar refractivity (Wildman–Crippen MR) is 80.6 cm³/mol. The van der Waals surface area contributed by atoms with Crippen LogP contribution >= 0.6 is 0 Å². The van der Waals surface area contributed by atoms with E-state index in [2.05, 4.69) is 19.2 Å². The van der Waals surface area contributed by atoms with E-state index < -0.39 is 17.8 Å². The first-order chi connectivity index (χ1) is 10.4. The number of rotatable bonds is 6. The number of nitrogens with one attached hydrogen (secondary N) is 1. The lowest BCUT2D eigenvalue weighted by atomic mass is 10.0. The second-order valence-electron chi connectivity index (χ2n) is 5.74. The Morgan fingerprint density at radius 3 is 2.59 bits per heavy atom. The predicted octanol–water partition coefficient (Wildman–Crippen LogP) is 1.90. The molecule has 0 aromatic heterocycles. The normalized spacial score (nSPS) is 14.0. The molecule has 1 N–H and O–H groups in total. The minimum absolute atomic E-state index is 0.142. The smallest absolute Gasteiger partial charge is 0.310 e. The van der Waals surface area contributed by atoms with E-state index in [1.54, 1.807) is 0 Å². The van der Waals surface area contributed by atoms with Crippen LogP contribution in [0.4, 0.5) is 0 Å². The van der Waals surface area contributed by atoms with Gasteiger partial charge in [-0.2, -0.15) is 0 Å². The molecule has 0 fully saturated rings. The summed E-state index contributed by atoms with van der Waals surface area (Å²) in [6.45, 7) is 4.45. The fourth-order valence-electron chi connectivity index (χ4n) is 2.27. The molecule has 5 heteroatoms. The molecule has 0 spiro atoms. The Balaban J connectivity index is 1.87. The van der Waals surface area contributed by atoms with Crippen molar-refractivity contribution in [2.24, 2.45) is 5.92 Å². The Bertz CT molecular complexity index is 631. The van der Waals surface area contributed by atoms with E-state index in [0.29, 0.717) is 5.92 Å². The van der Waals surface area contributed by atoms with Gasteiger partial charge in [-0.15, -0.1) is 0 Å². The molecule has 0 saturated carbocycles. The van der Waals surface area contributed by atoms with Crippen molar-refractivity contribution in [3.05, 3.63) is 47.0 Å². The van der Waals surface area contributed by atoms with Crippen LogP contribution in [-0.2, 0) is 32.1 Å². The number of carbonyl (C=O) groups excluding carboxylic acids is 3. The summed E-state index contributed by atoms with van der Waals surface area (Å²) in [5.41, 5.74) is 2.25. The third kappa shape index (κ3) is 4.55. The number of amides is 2.